The summed E-state index contributed by atoms with van der Waals surface area (Å²) in [7, 11) is -3.74. The maximum atomic E-state index is 13.5. The summed E-state index contributed by atoms with van der Waals surface area (Å²) in [5.41, 5.74) is 1.99. The number of hydrogen-bond acceptors (Lipinski definition) is 4. The number of carbonyl (C=O) groups is 2. The summed E-state index contributed by atoms with van der Waals surface area (Å²) in [5.74, 6) is -0.484. The van der Waals surface area contributed by atoms with Crippen LogP contribution in [0.5, 0.6) is 0 Å². The molecular formula is C24H32BrN3O4S. The molecule has 0 saturated carbocycles. The van der Waals surface area contributed by atoms with Gasteiger partial charge in [-0.2, -0.15) is 0 Å². The Labute approximate surface area is 205 Å². The molecule has 0 radical (unpaired) electrons. The number of amides is 2. The van der Waals surface area contributed by atoms with Gasteiger partial charge in [-0.15, -0.1) is 0 Å². The Bertz CT molecular complexity index is 1090. The van der Waals surface area contributed by atoms with Crippen molar-refractivity contribution in [3.8, 4) is 0 Å². The summed E-state index contributed by atoms with van der Waals surface area (Å²) in [6, 6.07) is 13.7. The summed E-state index contributed by atoms with van der Waals surface area (Å²) in [6.45, 7) is 7.67. The number of halogens is 1. The number of benzene rings is 2. The molecule has 33 heavy (non-hydrogen) atoms. The second kappa shape index (κ2) is 11.7. The quantitative estimate of drug-likeness (QED) is 0.500. The minimum atomic E-state index is -3.74. The van der Waals surface area contributed by atoms with Crippen LogP contribution in [0.1, 0.15) is 31.9 Å². The molecule has 0 unspecified atom stereocenters. The van der Waals surface area contributed by atoms with Crippen LogP contribution in [0.4, 0.5) is 5.69 Å². The molecule has 180 valence electrons. The van der Waals surface area contributed by atoms with E-state index in [2.05, 4.69) is 21.2 Å². The molecule has 7 nitrogen and oxygen atoms in total. The van der Waals surface area contributed by atoms with Crippen molar-refractivity contribution >= 4 is 43.5 Å². The van der Waals surface area contributed by atoms with Gasteiger partial charge in [-0.25, -0.2) is 8.42 Å². The number of aryl methyl sites for hydroxylation is 1. The Hall–Kier alpha value is -2.39. The lowest BCUT2D eigenvalue weighted by Crippen LogP contribution is -2.51. The van der Waals surface area contributed by atoms with Gasteiger partial charge in [0.2, 0.25) is 21.8 Å². The van der Waals surface area contributed by atoms with Gasteiger partial charge in [0.25, 0.3) is 0 Å². The van der Waals surface area contributed by atoms with Crippen molar-refractivity contribution in [2.45, 2.75) is 40.3 Å². The van der Waals surface area contributed by atoms with Crippen LogP contribution in [-0.2, 0) is 26.2 Å². The van der Waals surface area contributed by atoms with E-state index in [0.29, 0.717) is 12.2 Å². The van der Waals surface area contributed by atoms with Gasteiger partial charge in [0.15, 0.2) is 0 Å². The molecule has 2 aromatic carbocycles. The number of nitrogens with one attached hydrogen (secondary N) is 1. The fourth-order valence-corrected chi connectivity index (χ4v) is 4.66. The normalized spacial score (nSPS) is 12.3. The number of sulfonamides is 1. The van der Waals surface area contributed by atoms with E-state index in [9.17, 15) is 18.0 Å². The molecule has 9 heteroatoms. The third-order valence-corrected chi connectivity index (χ3v) is 6.78. The highest BCUT2D eigenvalue weighted by atomic mass is 79.9. The zero-order valence-corrected chi connectivity index (χ0v) is 22.1. The Morgan fingerprint density at radius 2 is 1.73 bits per heavy atom. The zero-order chi connectivity index (χ0) is 24.8. The second-order valence-electron chi connectivity index (χ2n) is 8.52. The number of para-hydroxylation sites is 1. The molecule has 0 aromatic heterocycles. The van der Waals surface area contributed by atoms with Crippen molar-refractivity contribution in [1.29, 1.82) is 0 Å². The monoisotopic (exact) mass is 537 g/mol. The van der Waals surface area contributed by atoms with E-state index in [-0.39, 0.29) is 18.4 Å². The lowest BCUT2D eigenvalue weighted by Gasteiger charge is -2.32. The van der Waals surface area contributed by atoms with E-state index in [1.54, 1.807) is 32.0 Å². The van der Waals surface area contributed by atoms with Gasteiger partial charge in [0.05, 0.1) is 11.9 Å². The van der Waals surface area contributed by atoms with Crippen LogP contribution in [0.3, 0.4) is 0 Å². The zero-order valence-electron chi connectivity index (χ0n) is 19.7. The first-order valence-corrected chi connectivity index (χ1v) is 13.4. The molecule has 0 fully saturated rings. The van der Waals surface area contributed by atoms with E-state index in [1.165, 1.54) is 4.90 Å². The molecule has 0 spiro atoms. The summed E-state index contributed by atoms with van der Waals surface area (Å²) in [6.07, 6.45) is 1.07. The summed E-state index contributed by atoms with van der Waals surface area (Å²) < 4.78 is 27.1. The standard InChI is InChI=1S/C24H32BrN3O4S/c1-17(2)14-26-24(30)19(4)27(15-20-10-8-11-21(25)13-20)23(29)16-28(33(5,31)32)22-12-7-6-9-18(22)3/h6-13,17,19H,14-16H2,1-5H3,(H,26,30)/t19-/m1/s1. The molecule has 0 aliphatic heterocycles. The molecule has 0 bridgehead atoms. The Morgan fingerprint density at radius 3 is 2.30 bits per heavy atom. The van der Waals surface area contributed by atoms with Gasteiger partial charge in [-0.1, -0.05) is 60.1 Å². The van der Waals surface area contributed by atoms with Crippen molar-refractivity contribution in [2.24, 2.45) is 5.92 Å². The first kappa shape index (κ1) is 26.9. The van der Waals surface area contributed by atoms with Gasteiger partial charge in [-0.05, 0) is 49.1 Å². The van der Waals surface area contributed by atoms with Crippen molar-refractivity contribution in [2.75, 3.05) is 23.7 Å². The van der Waals surface area contributed by atoms with E-state index in [1.807, 2.05) is 44.2 Å². The predicted octanol–water partition coefficient (Wildman–Crippen LogP) is 3.71. The van der Waals surface area contributed by atoms with Gasteiger partial charge in [0.1, 0.15) is 12.6 Å². The average Bonchev–Trinajstić information content (AvgIpc) is 2.73. The Balaban J connectivity index is 2.38. The van der Waals surface area contributed by atoms with Gasteiger partial charge >= 0.3 is 0 Å². The third kappa shape index (κ3) is 7.85. The molecule has 0 aliphatic carbocycles. The van der Waals surface area contributed by atoms with Crippen LogP contribution in [0.2, 0.25) is 0 Å². The van der Waals surface area contributed by atoms with E-state index in [4.69, 9.17) is 0 Å². The fraction of sp³-hybridized carbons (Fsp3) is 0.417. The minimum absolute atomic E-state index is 0.167. The minimum Gasteiger partial charge on any atom is -0.354 e. The van der Waals surface area contributed by atoms with Crippen LogP contribution in [-0.4, -0.2) is 50.5 Å². The first-order chi connectivity index (χ1) is 15.4. The average molecular weight is 539 g/mol. The smallest absolute Gasteiger partial charge is 0.244 e. The van der Waals surface area contributed by atoms with Crippen LogP contribution in [0.15, 0.2) is 53.0 Å². The Morgan fingerprint density at radius 1 is 1.06 bits per heavy atom. The summed E-state index contributed by atoms with van der Waals surface area (Å²) >= 11 is 3.43. The van der Waals surface area contributed by atoms with Crippen molar-refractivity contribution in [3.05, 3.63) is 64.1 Å². The van der Waals surface area contributed by atoms with Crippen LogP contribution < -0.4 is 9.62 Å². The largest absolute Gasteiger partial charge is 0.354 e. The molecule has 1 N–H and O–H groups in total. The molecule has 2 rings (SSSR count). The van der Waals surface area contributed by atoms with E-state index >= 15 is 0 Å². The number of rotatable bonds is 10. The number of hydrogen-bond donors (Lipinski definition) is 1. The molecule has 0 saturated heterocycles. The lowest BCUT2D eigenvalue weighted by atomic mass is 10.1. The molecular weight excluding hydrogens is 506 g/mol. The number of nitrogens with zero attached hydrogens (tertiary/aromatic N) is 2. The van der Waals surface area contributed by atoms with E-state index in [0.717, 1.165) is 26.2 Å². The maximum absolute atomic E-state index is 13.5. The van der Waals surface area contributed by atoms with Crippen molar-refractivity contribution in [1.82, 2.24) is 10.2 Å². The molecule has 2 aromatic rings. The maximum Gasteiger partial charge on any atom is 0.244 e. The van der Waals surface area contributed by atoms with Crippen molar-refractivity contribution in [3.63, 3.8) is 0 Å². The van der Waals surface area contributed by atoms with E-state index < -0.39 is 28.5 Å². The van der Waals surface area contributed by atoms with Crippen molar-refractivity contribution < 1.29 is 18.0 Å². The number of carbonyl (C=O) groups excluding carboxylic acids is 2. The van der Waals surface area contributed by atoms with Gasteiger partial charge in [0, 0.05) is 17.6 Å². The topological polar surface area (TPSA) is 86.8 Å². The molecule has 2 amide bonds. The fourth-order valence-electron chi connectivity index (χ4n) is 3.31. The van der Waals surface area contributed by atoms with Gasteiger partial charge in [-0.3, -0.25) is 13.9 Å². The second-order valence-corrected chi connectivity index (χ2v) is 11.3. The Kier molecular flexibility index (Phi) is 9.48. The molecule has 0 aliphatic rings. The molecule has 0 heterocycles. The number of anilines is 1. The lowest BCUT2D eigenvalue weighted by molar-refractivity contribution is -0.139. The summed E-state index contributed by atoms with van der Waals surface area (Å²) in [4.78, 5) is 27.7. The highest BCUT2D eigenvalue weighted by Crippen LogP contribution is 2.23. The van der Waals surface area contributed by atoms with Crippen LogP contribution in [0, 0.1) is 12.8 Å². The van der Waals surface area contributed by atoms with Gasteiger partial charge < -0.3 is 10.2 Å². The van der Waals surface area contributed by atoms with Crippen LogP contribution in [0.25, 0.3) is 0 Å². The highest BCUT2D eigenvalue weighted by Gasteiger charge is 2.30. The molecule has 1 atom stereocenters. The summed E-state index contributed by atoms with van der Waals surface area (Å²) in [5, 5.41) is 2.86. The SMILES string of the molecule is Cc1ccccc1N(CC(=O)N(Cc1cccc(Br)c1)[C@H](C)C(=O)NCC(C)C)S(C)(=O)=O. The predicted molar refractivity (Wildman–Crippen MR) is 135 cm³/mol. The first-order valence-electron chi connectivity index (χ1n) is 10.7. The third-order valence-electron chi connectivity index (χ3n) is 5.16. The van der Waals surface area contributed by atoms with Crippen LogP contribution >= 0.6 is 15.9 Å². The highest BCUT2D eigenvalue weighted by molar-refractivity contribution is 9.10.